The number of piperidine rings is 1. The molecule has 2 saturated carbocycles. The summed E-state index contributed by atoms with van der Waals surface area (Å²) in [5.41, 5.74) is 1.61. The lowest BCUT2D eigenvalue weighted by Crippen LogP contribution is -2.73. The van der Waals surface area contributed by atoms with Crippen LogP contribution < -0.4 is 20.3 Å². The van der Waals surface area contributed by atoms with E-state index in [9.17, 15) is 0 Å². The number of benzene rings is 1. The lowest BCUT2D eigenvalue weighted by atomic mass is 9.46. The van der Waals surface area contributed by atoms with Crippen LogP contribution in [0.2, 0.25) is 0 Å². The van der Waals surface area contributed by atoms with Crippen LogP contribution in [0.5, 0.6) is 5.75 Å². The normalized spacial score (nSPS) is 31.8. The molecule has 2 N–H and O–H groups in total. The van der Waals surface area contributed by atoms with Gasteiger partial charge in [0.25, 0.3) is 0 Å². The summed E-state index contributed by atoms with van der Waals surface area (Å²) in [4.78, 5) is 7.04. The van der Waals surface area contributed by atoms with Gasteiger partial charge in [0.2, 0.25) is 0 Å². The second-order valence-electron chi connectivity index (χ2n) is 9.16. The van der Waals surface area contributed by atoms with Gasteiger partial charge in [-0.2, -0.15) is 0 Å². The molecule has 1 aromatic carbocycles. The van der Waals surface area contributed by atoms with Gasteiger partial charge in [0.05, 0.1) is 13.2 Å². The van der Waals surface area contributed by atoms with Crippen LogP contribution in [0.15, 0.2) is 29.3 Å². The van der Waals surface area contributed by atoms with Crippen molar-refractivity contribution in [2.75, 3.05) is 38.8 Å². The maximum absolute atomic E-state index is 6.07. The van der Waals surface area contributed by atoms with Crippen molar-refractivity contribution in [3.8, 4) is 5.75 Å². The van der Waals surface area contributed by atoms with Crippen molar-refractivity contribution in [3.63, 3.8) is 0 Å². The van der Waals surface area contributed by atoms with Crippen LogP contribution in [-0.4, -0.2) is 58.0 Å². The highest BCUT2D eigenvalue weighted by atomic mass is 127. The van der Waals surface area contributed by atoms with E-state index in [1.165, 1.54) is 44.2 Å². The SMILES string of the molecule is CN=C(NC1CCCN(c2cccc(OC)c2)C1)NC1C2CCOC2C12CCC2.I. The molecule has 7 heteroatoms. The zero-order valence-corrected chi connectivity index (χ0v) is 20.4. The zero-order chi connectivity index (χ0) is 19.8. The number of nitrogens with zero attached hydrogens (tertiary/aromatic N) is 2. The zero-order valence-electron chi connectivity index (χ0n) is 18.1. The van der Waals surface area contributed by atoms with E-state index in [1.54, 1.807) is 7.11 Å². The molecule has 6 nitrogen and oxygen atoms in total. The van der Waals surface area contributed by atoms with E-state index in [0.29, 0.717) is 29.5 Å². The van der Waals surface area contributed by atoms with Gasteiger partial charge in [-0.05, 0) is 44.2 Å². The highest BCUT2D eigenvalue weighted by Crippen LogP contribution is 2.62. The largest absolute Gasteiger partial charge is 0.497 e. The van der Waals surface area contributed by atoms with Crippen molar-refractivity contribution >= 4 is 35.6 Å². The first-order chi connectivity index (χ1) is 14.2. The average Bonchev–Trinajstić information content (AvgIpc) is 3.15. The third kappa shape index (κ3) is 3.76. The van der Waals surface area contributed by atoms with Crippen LogP contribution in [0.4, 0.5) is 5.69 Å². The Labute approximate surface area is 197 Å². The number of nitrogens with one attached hydrogen (secondary N) is 2. The van der Waals surface area contributed by atoms with E-state index in [1.807, 2.05) is 13.1 Å². The molecule has 4 fully saturated rings. The molecule has 0 amide bonds. The number of guanidine groups is 1. The maximum Gasteiger partial charge on any atom is 0.191 e. The maximum atomic E-state index is 6.07. The molecule has 0 radical (unpaired) electrons. The summed E-state index contributed by atoms with van der Waals surface area (Å²) in [6.45, 7) is 3.00. The monoisotopic (exact) mass is 526 g/mol. The summed E-state index contributed by atoms with van der Waals surface area (Å²) in [5, 5.41) is 7.53. The molecular weight excluding hydrogens is 491 g/mol. The van der Waals surface area contributed by atoms with Crippen LogP contribution >= 0.6 is 24.0 Å². The summed E-state index contributed by atoms with van der Waals surface area (Å²) in [5.74, 6) is 2.54. The van der Waals surface area contributed by atoms with Crippen molar-refractivity contribution in [1.29, 1.82) is 0 Å². The highest BCUT2D eigenvalue weighted by Gasteiger charge is 2.66. The van der Waals surface area contributed by atoms with E-state index in [-0.39, 0.29) is 24.0 Å². The summed E-state index contributed by atoms with van der Waals surface area (Å²) in [7, 11) is 3.62. The van der Waals surface area contributed by atoms with Gasteiger partial charge >= 0.3 is 0 Å². The fourth-order valence-corrected chi connectivity index (χ4v) is 6.10. The lowest BCUT2D eigenvalue weighted by molar-refractivity contribution is -0.171. The fourth-order valence-electron chi connectivity index (χ4n) is 6.10. The second-order valence-corrected chi connectivity index (χ2v) is 9.16. The Balaban J connectivity index is 0.00000218. The summed E-state index contributed by atoms with van der Waals surface area (Å²) in [6.07, 6.45) is 7.98. The topological polar surface area (TPSA) is 58.1 Å². The standard InChI is InChI=1S/C23H34N4O2.HI/c1-24-22(26-20-19-9-13-29-21(19)23(20)10-5-11-23)25-16-6-4-12-27(15-16)17-7-3-8-18(14-17)28-2;/h3,7-8,14,16,19-21H,4-6,9-13,15H2,1-2H3,(H2,24,25,26);1H. The van der Waals surface area contributed by atoms with Gasteiger partial charge in [-0.25, -0.2) is 0 Å². The molecule has 2 aliphatic carbocycles. The van der Waals surface area contributed by atoms with Crippen molar-refractivity contribution in [2.24, 2.45) is 16.3 Å². The Kier molecular flexibility index (Phi) is 6.67. The Hall–Kier alpha value is -1.22. The lowest BCUT2D eigenvalue weighted by Gasteiger charge is -2.63. The van der Waals surface area contributed by atoms with E-state index >= 15 is 0 Å². The molecule has 2 heterocycles. The predicted molar refractivity (Wildman–Crippen MR) is 131 cm³/mol. The van der Waals surface area contributed by atoms with Gasteiger partial charge in [0.1, 0.15) is 5.75 Å². The molecule has 1 aromatic rings. The van der Waals surface area contributed by atoms with Gasteiger partial charge in [-0.15, -0.1) is 24.0 Å². The second kappa shape index (κ2) is 9.10. The minimum Gasteiger partial charge on any atom is -0.497 e. The van der Waals surface area contributed by atoms with Crippen LogP contribution in [-0.2, 0) is 4.74 Å². The van der Waals surface area contributed by atoms with Crippen molar-refractivity contribution in [2.45, 2.75) is 56.7 Å². The molecule has 1 spiro atoms. The van der Waals surface area contributed by atoms with Gasteiger partial charge < -0.3 is 25.0 Å². The van der Waals surface area contributed by atoms with Gasteiger partial charge in [-0.3, -0.25) is 4.99 Å². The summed E-state index contributed by atoms with van der Waals surface area (Å²) in [6, 6.07) is 9.30. The van der Waals surface area contributed by atoms with E-state index in [2.05, 4.69) is 38.7 Å². The number of hydrogen-bond acceptors (Lipinski definition) is 4. The molecule has 4 aliphatic rings. The molecule has 0 aromatic heterocycles. The van der Waals surface area contributed by atoms with Crippen molar-refractivity contribution in [1.82, 2.24) is 10.6 Å². The Bertz CT molecular complexity index is 769. The number of aliphatic imine (C=N–C) groups is 1. The van der Waals surface area contributed by atoms with Crippen LogP contribution in [0.25, 0.3) is 0 Å². The molecule has 0 bridgehead atoms. The Morgan fingerprint density at radius 3 is 2.83 bits per heavy atom. The molecular formula is C23H35IN4O2. The summed E-state index contributed by atoms with van der Waals surface area (Å²) < 4.78 is 11.5. The van der Waals surface area contributed by atoms with Crippen LogP contribution in [0, 0.1) is 11.3 Å². The van der Waals surface area contributed by atoms with E-state index in [4.69, 9.17) is 9.47 Å². The fraction of sp³-hybridized carbons (Fsp3) is 0.696. The number of ether oxygens (including phenoxy) is 2. The van der Waals surface area contributed by atoms with Gasteiger partial charge in [-0.1, -0.05) is 12.5 Å². The van der Waals surface area contributed by atoms with Crippen LogP contribution in [0.3, 0.4) is 0 Å². The molecule has 4 atom stereocenters. The number of rotatable bonds is 4. The molecule has 4 unspecified atom stereocenters. The summed E-state index contributed by atoms with van der Waals surface area (Å²) >= 11 is 0. The van der Waals surface area contributed by atoms with Gasteiger partial charge in [0.15, 0.2) is 5.96 Å². The minimum absolute atomic E-state index is 0. The molecule has 2 saturated heterocycles. The highest BCUT2D eigenvalue weighted by molar-refractivity contribution is 14.0. The number of methoxy groups -OCH3 is 1. The Morgan fingerprint density at radius 2 is 2.10 bits per heavy atom. The van der Waals surface area contributed by atoms with Crippen LogP contribution in [0.1, 0.15) is 38.5 Å². The molecule has 2 aliphatic heterocycles. The number of halogens is 1. The molecule has 5 rings (SSSR count). The number of anilines is 1. The first kappa shape index (κ1) is 22.0. The first-order valence-electron chi connectivity index (χ1n) is 11.2. The third-order valence-corrected chi connectivity index (χ3v) is 7.73. The van der Waals surface area contributed by atoms with Gasteiger partial charge in [0, 0.05) is 61.9 Å². The third-order valence-electron chi connectivity index (χ3n) is 7.73. The van der Waals surface area contributed by atoms with Crippen molar-refractivity contribution < 1.29 is 9.47 Å². The number of hydrogen-bond donors (Lipinski definition) is 2. The quantitative estimate of drug-likeness (QED) is 0.358. The Morgan fingerprint density at radius 1 is 1.23 bits per heavy atom. The smallest absolute Gasteiger partial charge is 0.191 e. The first-order valence-corrected chi connectivity index (χ1v) is 11.2. The number of fused-ring (bicyclic) bond motifs is 2. The van der Waals surface area contributed by atoms with E-state index < -0.39 is 0 Å². The van der Waals surface area contributed by atoms with E-state index in [0.717, 1.165) is 31.4 Å². The van der Waals surface area contributed by atoms with Crippen molar-refractivity contribution in [3.05, 3.63) is 24.3 Å². The molecule has 166 valence electrons. The molecule has 30 heavy (non-hydrogen) atoms. The average molecular weight is 526 g/mol. The minimum atomic E-state index is 0. The predicted octanol–water partition coefficient (Wildman–Crippen LogP) is 3.40.